The van der Waals surface area contributed by atoms with Crippen LogP contribution in [0.4, 0.5) is 8.78 Å². The second-order valence-electron chi connectivity index (χ2n) is 5.18. The van der Waals surface area contributed by atoms with Crippen LogP contribution in [0.25, 0.3) is 0 Å². The quantitative estimate of drug-likeness (QED) is 0.924. The summed E-state index contributed by atoms with van der Waals surface area (Å²) in [5.74, 6) is -0.271. The molecule has 8 heteroatoms. The molecule has 1 aliphatic rings. The zero-order chi connectivity index (χ0) is 17.3. The van der Waals surface area contributed by atoms with Gasteiger partial charge in [0.1, 0.15) is 5.75 Å². The Hall–Kier alpha value is -3.03. The van der Waals surface area contributed by atoms with Crippen LogP contribution in [0.5, 0.6) is 5.75 Å². The molecule has 0 spiro atoms. The summed E-state index contributed by atoms with van der Waals surface area (Å²) in [4.78, 5) is 22.4. The number of aliphatic imine (C=N–C) groups is 1. The average Bonchev–Trinajstić information content (AvgIpc) is 2.81. The van der Waals surface area contributed by atoms with Gasteiger partial charge in [0, 0.05) is 19.4 Å². The van der Waals surface area contributed by atoms with E-state index in [2.05, 4.69) is 14.7 Å². The molecule has 1 unspecified atom stereocenters. The van der Waals surface area contributed by atoms with Crippen LogP contribution in [0.15, 0.2) is 53.8 Å². The van der Waals surface area contributed by atoms with Crippen LogP contribution in [0, 0.1) is 0 Å². The molecular weight excluding hydrogens is 318 g/mol. The molecule has 6 nitrogen and oxygen atoms in total. The number of nitrogens with zero attached hydrogens (tertiary/aromatic N) is 3. The van der Waals surface area contributed by atoms with Gasteiger partial charge < -0.3 is 10.5 Å². The Labute approximate surface area is 136 Å². The Balaban J connectivity index is 2.12. The van der Waals surface area contributed by atoms with Crippen LogP contribution < -0.4 is 10.5 Å². The number of benzene rings is 1. The van der Waals surface area contributed by atoms with Gasteiger partial charge in [-0.25, -0.2) is 4.99 Å². The van der Waals surface area contributed by atoms with Gasteiger partial charge in [0.05, 0.1) is 0 Å². The number of likely N-dealkylation sites (N-methyl/N-ethyl adjacent to an activating group) is 1. The van der Waals surface area contributed by atoms with Gasteiger partial charge in [0.2, 0.25) is 0 Å². The average molecular weight is 332 g/mol. The van der Waals surface area contributed by atoms with Crippen molar-refractivity contribution < 1.29 is 18.3 Å². The third-order valence-electron chi connectivity index (χ3n) is 3.84. The summed E-state index contributed by atoms with van der Waals surface area (Å²) in [6.07, 6.45) is 3.09. The van der Waals surface area contributed by atoms with Crippen molar-refractivity contribution in [1.29, 1.82) is 0 Å². The van der Waals surface area contributed by atoms with Gasteiger partial charge in [-0.1, -0.05) is 12.1 Å². The number of carbonyl (C=O) groups excluding carboxylic acids is 1. The fourth-order valence-corrected chi connectivity index (χ4v) is 2.65. The summed E-state index contributed by atoms with van der Waals surface area (Å²) in [5, 5.41) is 0. The Morgan fingerprint density at radius 3 is 2.21 bits per heavy atom. The van der Waals surface area contributed by atoms with Crippen molar-refractivity contribution in [2.45, 2.75) is 12.2 Å². The summed E-state index contributed by atoms with van der Waals surface area (Å²) in [6, 6.07) is 9.09. The Morgan fingerprint density at radius 2 is 1.71 bits per heavy atom. The lowest BCUT2D eigenvalue weighted by molar-refractivity contribution is -0.129. The largest absolute Gasteiger partial charge is 0.435 e. The lowest BCUT2D eigenvalue weighted by atomic mass is 9.83. The van der Waals surface area contributed by atoms with Crippen molar-refractivity contribution in [1.82, 2.24) is 9.88 Å². The van der Waals surface area contributed by atoms with Crippen molar-refractivity contribution in [3.05, 3.63) is 59.9 Å². The maximum absolute atomic E-state index is 12.9. The van der Waals surface area contributed by atoms with Gasteiger partial charge in [-0.3, -0.25) is 14.7 Å². The highest BCUT2D eigenvalue weighted by Crippen LogP contribution is 2.39. The Bertz CT molecular complexity index is 780. The molecule has 2 heterocycles. The Morgan fingerprint density at radius 1 is 1.12 bits per heavy atom. The molecule has 2 N–H and O–H groups in total. The molecule has 1 aromatic heterocycles. The normalized spacial score (nSPS) is 20.4. The van der Waals surface area contributed by atoms with E-state index in [4.69, 9.17) is 5.73 Å². The van der Waals surface area contributed by atoms with Crippen molar-refractivity contribution in [3.8, 4) is 5.75 Å². The van der Waals surface area contributed by atoms with E-state index in [1.807, 2.05) is 0 Å². The number of rotatable bonds is 4. The number of hydrogen-bond acceptors (Lipinski definition) is 5. The molecule has 3 rings (SSSR count). The molecule has 0 radical (unpaired) electrons. The minimum atomic E-state index is -2.92. The lowest BCUT2D eigenvalue weighted by Crippen LogP contribution is -2.41. The standard InChI is InChI=1S/C16H14F2N4O2/c1-22-13(23)16(21-15(22)19,11-6-8-20-9-7-11)10-2-4-12(5-3-10)24-14(17)18/h2-9,14H,1H3,(H2,19,21). The van der Waals surface area contributed by atoms with Crippen LogP contribution in [0.2, 0.25) is 0 Å². The third kappa shape index (κ3) is 2.45. The topological polar surface area (TPSA) is 80.8 Å². The number of alkyl halides is 2. The molecule has 1 aliphatic heterocycles. The molecule has 1 amide bonds. The number of amides is 1. The van der Waals surface area contributed by atoms with E-state index < -0.39 is 12.2 Å². The van der Waals surface area contributed by atoms with Crippen LogP contribution >= 0.6 is 0 Å². The summed E-state index contributed by atoms with van der Waals surface area (Å²) < 4.78 is 28.9. The van der Waals surface area contributed by atoms with Gasteiger partial charge in [-0.05, 0) is 35.4 Å². The number of guanidine groups is 1. The number of halogens is 2. The fraction of sp³-hybridized carbons (Fsp3) is 0.188. The number of carbonyl (C=O) groups is 1. The monoisotopic (exact) mass is 332 g/mol. The highest BCUT2D eigenvalue weighted by molar-refractivity contribution is 6.08. The number of pyridine rings is 1. The van der Waals surface area contributed by atoms with E-state index in [9.17, 15) is 13.6 Å². The highest BCUT2D eigenvalue weighted by Gasteiger charge is 2.49. The first kappa shape index (κ1) is 15.9. The third-order valence-corrected chi connectivity index (χ3v) is 3.84. The maximum atomic E-state index is 12.9. The van der Waals surface area contributed by atoms with Crippen LogP contribution in [-0.2, 0) is 10.3 Å². The molecule has 0 saturated carbocycles. The SMILES string of the molecule is CN1C(=O)C(c2ccncc2)(c2ccc(OC(F)F)cc2)N=C1N. The predicted octanol–water partition coefficient (Wildman–Crippen LogP) is 1.71. The van der Waals surface area contributed by atoms with E-state index >= 15 is 0 Å². The van der Waals surface area contributed by atoms with Crippen molar-refractivity contribution in [2.75, 3.05) is 7.05 Å². The number of aromatic nitrogens is 1. The molecule has 0 bridgehead atoms. The summed E-state index contributed by atoms with van der Waals surface area (Å²) >= 11 is 0. The molecule has 24 heavy (non-hydrogen) atoms. The lowest BCUT2D eigenvalue weighted by Gasteiger charge is -2.26. The number of nitrogens with two attached hydrogens (primary N) is 1. The molecule has 1 aromatic carbocycles. The molecule has 2 aromatic rings. The highest BCUT2D eigenvalue weighted by atomic mass is 19.3. The minimum absolute atomic E-state index is 0.00520. The second kappa shape index (κ2) is 5.88. The van der Waals surface area contributed by atoms with Gasteiger partial charge in [0.25, 0.3) is 5.91 Å². The zero-order valence-electron chi connectivity index (χ0n) is 12.7. The summed E-state index contributed by atoms with van der Waals surface area (Å²) in [6.45, 7) is -2.92. The molecule has 0 aliphatic carbocycles. The Kier molecular flexibility index (Phi) is 3.88. The van der Waals surface area contributed by atoms with E-state index in [-0.39, 0.29) is 17.6 Å². The van der Waals surface area contributed by atoms with E-state index in [0.29, 0.717) is 11.1 Å². The molecule has 1 atom stereocenters. The summed E-state index contributed by atoms with van der Waals surface area (Å²) in [5.41, 5.74) is 5.53. The van der Waals surface area contributed by atoms with E-state index in [1.54, 1.807) is 24.5 Å². The minimum Gasteiger partial charge on any atom is -0.435 e. The zero-order valence-corrected chi connectivity index (χ0v) is 12.7. The van der Waals surface area contributed by atoms with Crippen molar-refractivity contribution in [2.24, 2.45) is 10.7 Å². The van der Waals surface area contributed by atoms with E-state index in [1.165, 1.54) is 36.2 Å². The fourth-order valence-electron chi connectivity index (χ4n) is 2.65. The smallest absolute Gasteiger partial charge is 0.387 e. The summed E-state index contributed by atoms with van der Waals surface area (Å²) in [7, 11) is 1.53. The van der Waals surface area contributed by atoms with Gasteiger partial charge >= 0.3 is 6.61 Å². The van der Waals surface area contributed by atoms with Gasteiger partial charge in [-0.15, -0.1) is 0 Å². The predicted molar refractivity (Wildman–Crippen MR) is 82.5 cm³/mol. The second-order valence-corrected chi connectivity index (χ2v) is 5.18. The van der Waals surface area contributed by atoms with Crippen LogP contribution in [0.1, 0.15) is 11.1 Å². The van der Waals surface area contributed by atoms with E-state index in [0.717, 1.165) is 0 Å². The molecule has 0 saturated heterocycles. The molecule has 124 valence electrons. The molecule has 0 fully saturated rings. The number of hydrogen-bond donors (Lipinski definition) is 1. The van der Waals surface area contributed by atoms with Gasteiger partial charge in [-0.2, -0.15) is 8.78 Å². The van der Waals surface area contributed by atoms with Gasteiger partial charge in [0.15, 0.2) is 11.5 Å². The van der Waals surface area contributed by atoms with Crippen LogP contribution in [-0.4, -0.2) is 35.4 Å². The van der Waals surface area contributed by atoms with Crippen molar-refractivity contribution in [3.63, 3.8) is 0 Å². The maximum Gasteiger partial charge on any atom is 0.387 e. The first-order chi connectivity index (χ1) is 11.4. The first-order valence-corrected chi connectivity index (χ1v) is 7.04. The van der Waals surface area contributed by atoms with Crippen molar-refractivity contribution >= 4 is 11.9 Å². The molecular formula is C16H14F2N4O2. The first-order valence-electron chi connectivity index (χ1n) is 7.04. The van der Waals surface area contributed by atoms with Crippen LogP contribution in [0.3, 0.4) is 0 Å². The number of ether oxygens (including phenoxy) is 1.